The van der Waals surface area contributed by atoms with E-state index in [2.05, 4.69) is 15.1 Å². The Bertz CT molecular complexity index is 290. The summed E-state index contributed by atoms with van der Waals surface area (Å²) in [6.45, 7) is 6.38. The molecule has 1 amide bonds. The minimum atomic E-state index is 0. The van der Waals surface area contributed by atoms with Crippen molar-refractivity contribution in [2.24, 2.45) is 5.92 Å². The molecule has 0 aliphatic carbocycles. The third-order valence-corrected chi connectivity index (χ3v) is 4.46. The summed E-state index contributed by atoms with van der Waals surface area (Å²) in [4.78, 5) is 17.0. The van der Waals surface area contributed by atoms with Gasteiger partial charge in [0.2, 0.25) is 5.91 Å². The molecule has 4 nitrogen and oxygen atoms in total. The van der Waals surface area contributed by atoms with E-state index >= 15 is 0 Å². The Labute approximate surface area is 115 Å². The van der Waals surface area contributed by atoms with Crippen LogP contribution >= 0.6 is 12.4 Å². The standard InChI is InChI=1S/C13H23N3O.ClH/c17-13(11-8-14-9-11)16-7-3-4-12(16)10-15-5-1-2-6-15;/h11-12,14H,1-10H2;1H. The van der Waals surface area contributed by atoms with Crippen molar-refractivity contribution in [3.63, 3.8) is 0 Å². The molecule has 5 heteroatoms. The summed E-state index contributed by atoms with van der Waals surface area (Å²) in [7, 11) is 0. The van der Waals surface area contributed by atoms with Crippen molar-refractivity contribution in [1.29, 1.82) is 0 Å². The number of hydrogen-bond acceptors (Lipinski definition) is 3. The van der Waals surface area contributed by atoms with E-state index in [1.165, 1.54) is 38.8 Å². The zero-order chi connectivity index (χ0) is 11.7. The zero-order valence-electron chi connectivity index (χ0n) is 10.9. The molecule has 0 radical (unpaired) electrons. The van der Waals surface area contributed by atoms with Crippen LogP contribution in [0.2, 0.25) is 0 Å². The number of nitrogens with one attached hydrogen (secondary N) is 1. The summed E-state index contributed by atoms with van der Waals surface area (Å²) in [6, 6.07) is 0.501. The first-order valence-corrected chi connectivity index (χ1v) is 7.08. The van der Waals surface area contributed by atoms with Gasteiger partial charge in [-0.1, -0.05) is 0 Å². The number of halogens is 1. The minimum absolute atomic E-state index is 0. The second kappa shape index (κ2) is 6.22. The van der Waals surface area contributed by atoms with Gasteiger partial charge in [0.25, 0.3) is 0 Å². The van der Waals surface area contributed by atoms with Gasteiger partial charge in [0, 0.05) is 32.2 Å². The molecule has 3 aliphatic heterocycles. The first kappa shape index (κ1) is 14.1. The van der Waals surface area contributed by atoms with Gasteiger partial charge in [-0.2, -0.15) is 0 Å². The smallest absolute Gasteiger partial charge is 0.228 e. The molecule has 3 fully saturated rings. The number of amides is 1. The maximum absolute atomic E-state index is 12.3. The molecule has 3 aliphatic rings. The van der Waals surface area contributed by atoms with Crippen molar-refractivity contribution < 1.29 is 4.79 Å². The summed E-state index contributed by atoms with van der Waals surface area (Å²) in [5.41, 5.74) is 0. The highest BCUT2D eigenvalue weighted by Gasteiger charge is 2.36. The van der Waals surface area contributed by atoms with Crippen LogP contribution in [0, 0.1) is 5.92 Å². The molecule has 1 unspecified atom stereocenters. The quantitative estimate of drug-likeness (QED) is 0.823. The molecule has 3 heterocycles. The van der Waals surface area contributed by atoms with Crippen LogP contribution < -0.4 is 5.32 Å². The van der Waals surface area contributed by atoms with E-state index in [-0.39, 0.29) is 18.3 Å². The molecule has 3 saturated heterocycles. The van der Waals surface area contributed by atoms with Gasteiger partial charge in [0.1, 0.15) is 0 Å². The van der Waals surface area contributed by atoms with E-state index in [0.717, 1.165) is 26.2 Å². The van der Waals surface area contributed by atoms with Crippen LogP contribution in [0.5, 0.6) is 0 Å². The van der Waals surface area contributed by atoms with Gasteiger partial charge in [0.05, 0.1) is 5.92 Å². The molecule has 18 heavy (non-hydrogen) atoms. The normalized spacial score (nSPS) is 29.1. The molecule has 0 aromatic carbocycles. The Morgan fingerprint density at radius 1 is 1.11 bits per heavy atom. The molecule has 3 rings (SSSR count). The van der Waals surface area contributed by atoms with Gasteiger partial charge in [-0.25, -0.2) is 0 Å². The lowest BCUT2D eigenvalue weighted by molar-refractivity contribution is -0.138. The molecule has 1 atom stereocenters. The molecule has 0 saturated carbocycles. The van der Waals surface area contributed by atoms with Crippen molar-refractivity contribution >= 4 is 18.3 Å². The van der Waals surface area contributed by atoms with Crippen LogP contribution in [0.3, 0.4) is 0 Å². The van der Waals surface area contributed by atoms with Crippen LogP contribution in [0.25, 0.3) is 0 Å². The maximum atomic E-state index is 12.3. The number of carbonyl (C=O) groups excluding carboxylic acids is 1. The molecule has 0 spiro atoms. The first-order chi connectivity index (χ1) is 8.34. The van der Waals surface area contributed by atoms with Gasteiger partial charge in [-0.15, -0.1) is 12.4 Å². The zero-order valence-corrected chi connectivity index (χ0v) is 11.8. The van der Waals surface area contributed by atoms with E-state index in [9.17, 15) is 4.79 Å². The monoisotopic (exact) mass is 273 g/mol. The number of hydrogen-bond donors (Lipinski definition) is 1. The maximum Gasteiger partial charge on any atom is 0.228 e. The predicted molar refractivity (Wildman–Crippen MR) is 74.0 cm³/mol. The molecular formula is C13H24ClN3O. The van der Waals surface area contributed by atoms with Crippen LogP contribution in [-0.2, 0) is 4.79 Å². The van der Waals surface area contributed by atoms with Crippen molar-refractivity contribution in [3.05, 3.63) is 0 Å². The number of carbonyl (C=O) groups is 1. The van der Waals surface area contributed by atoms with Crippen LogP contribution in [-0.4, -0.2) is 61.0 Å². The lowest BCUT2D eigenvalue weighted by atomic mass is 10.0. The Morgan fingerprint density at radius 3 is 2.44 bits per heavy atom. The van der Waals surface area contributed by atoms with E-state index < -0.39 is 0 Å². The highest BCUT2D eigenvalue weighted by molar-refractivity contribution is 5.85. The minimum Gasteiger partial charge on any atom is -0.338 e. The summed E-state index contributed by atoms with van der Waals surface area (Å²) in [5, 5.41) is 3.20. The Morgan fingerprint density at radius 2 is 1.83 bits per heavy atom. The highest BCUT2D eigenvalue weighted by Crippen LogP contribution is 2.23. The largest absolute Gasteiger partial charge is 0.338 e. The van der Waals surface area contributed by atoms with Crippen molar-refractivity contribution in [2.75, 3.05) is 39.3 Å². The molecule has 104 valence electrons. The molecule has 1 N–H and O–H groups in total. The van der Waals surface area contributed by atoms with E-state index in [1.54, 1.807) is 0 Å². The molecule has 0 bridgehead atoms. The fourth-order valence-corrected chi connectivity index (χ4v) is 3.28. The van der Waals surface area contributed by atoms with Gasteiger partial charge in [-0.3, -0.25) is 4.79 Å². The summed E-state index contributed by atoms with van der Waals surface area (Å²) < 4.78 is 0. The average molecular weight is 274 g/mol. The SMILES string of the molecule is Cl.O=C(C1CNC1)N1CCCC1CN1CCCC1. The van der Waals surface area contributed by atoms with Crippen LogP contribution in [0.15, 0.2) is 0 Å². The fourth-order valence-electron chi connectivity index (χ4n) is 3.28. The highest BCUT2D eigenvalue weighted by atomic mass is 35.5. The summed E-state index contributed by atoms with van der Waals surface area (Å²) in [5.74, 6) is 0.680. The number of nitrogens with zero attached hydrogens (tertiary/aromatic N) is 2. The predicted octanol–water partition coefficient (Wildman–Crippen LogP) is 0.714. The number of likely N-dealkylation sites (tertiary alicyclic amines) is 2. The van der Waals surface area contributed by atoms with Gasteiger partial charge < -0.3 is 15.1 Å². The second-order valence-electron chi connectivity index (χ2n) is 5.69. The average Bonchev–Trinajstić information content (AvgIpc) is 2.86. The Balaban J connectivity index is 0.00000120. The van der Waals surface area contributed by atoms with Crippen molar-refractivity contribution in [1.82, 2.24) is 15.1 Å². The van der Waals surface area contributed by atoms with E-state index in [4.69, 9.17) is 0 Å². The van der Waals surface area contributed by atoms with E-state index in [0.29, 0.717) is 11.9 Å². The Hall–Kier alpha value is -0.320. The fraction of sp³-hybridized carbons (Fsp3) is 0.923. The third kappa shape index (κ3) is 2.81. The molecular weight excluding hydrogens is 250 g/mol. The van der Waals surface area contributed by atoms with Gasteiger partial charge >= 0.3 is 0 Å². The van der Waals surface area contributed by atoms with Crippen LogP contribution in [0.4, 0.5) is 0 Å². The lowest BCUT2D eigenvalue weighted by Crippen LogP contribution is -2.54. The second-order valence-corrected chi connectivity index (χ2v) is 5.69. The summed E-state index contributed by atoms with van der Waals surface area (Å²) in [6.07, 6.45) is 5.09. The molecule has 0 aromatic heterocycles. The summed E-state index contributed by atoms with van der Waals surface area (Å²) >= 11 is 0. The number of rotatable bonds is 3. The first-order valence-electron chi connectivity index (χ1n) is 7.08. The Kier molecular flexibility index (Phi) is 4.87. The van der Waals surface area contributed by atoms with Crippen molar-refractivity contribution in [3.8, 4) is 0 Å². The van der Waals surface area contributed by atoms with Crippen molar-refractivity contribution in [2.45, 2.75) is 31.7 Å². The lowest BCUT2D eigenvalue weighted by Gasteiger charge is -2.34. The van der Waals surface area contributed by atoms with Gasteiger partial charge in [-0.05, 0) is 38.8 Å². The van der Waals surface area contributed by atoms with Crippen LogP contribution in [0.1, 0.15) is 25.7 Å². The topological polar surface area (TPSA) is 35.6 Å². The van der Waals surface area contributed by atoms with E-state index in [1.807, 2.05) is 0 Å². The third-order valence-electron chi connectivity index (χ3n) is 4.46. The van der Waals surface area contributed by atoms with Gasteiger partial charge in [0.15, 0.2) is 0 Å². The molecule has 0 aromatic rings.